The third-order valence-corrected chi connectivity index (χ3v) is 3.86. The molecule has 1 aromatic heterocycles. The zero-order chi connectivity index (χ0) is 19.8. The van der Waals surface area contributed by atoms with E-state index in [1.165, 1.54) is 4.90 Å². The Morgan fingerprint density at radius 1 is 1.26 bits per heavy atom. The molecule has 8 nitrogen and oxygen atoms in total. The molecule has 0 radical (unpaired) electrons. The van der Waals surface area contributed by atoms with Crippen LogP contribution in [0, 0.1) is 5.92 Å². The van der Waals surface area contributed by atoms with Gasteiger partial charge in [-0.25, -0.2) is 0 Å². The minimum atomic E-state index is -1.01. The maximum Gasteiger partial charge on any atom is 0.323 e. The van der Waals surface area contributed by atoms with Crippen molar-refractivity contribution in [2.45, 2.75) is 33.1 Å². The maximum absolute atomic E-state index is 12.3. The number of aryl methyl sites for hydroxylation is 1. The summed E-state index contributed by atoms with van der Waals surface area (Å²) in [5.41, 5.74) is 0.812. The summed E-state index contributed by atoms with van der Waals surface area (Å²) in [6, 6.07) is 7.31. The number of aromatic nitrogens is 2. The second-order valence-corrected chi connectivity index (χ2v) is 6.66. The van der Waals surface area contributed by atoms with Gasteiger partial charge in [-0.1, -0.05) is 19.0 Å². The second kappa shape index (κ2) is 9.70. The number of carboxylic acids is 1. The Labute approximate surface area is 158 Å². The third kappa shape index (κ3) is 6.40. The molecule has 0 bridgehead atoms. The summed E-state index contributed by atoms with van der Waals surface area (Å²) in [5, 5.41) is 12.9. The predicted molar refractivity (Wildman–Crippen MR) is 98.3 cm³/mol. The van der Waals surface area contributed by atoms with Crippen molar-refractivity contribution in [3.63, 3.8) is 0 Å². The van der Waals surface area contributed by atoms with Crippen LogP contribution in [0.4, 0.5) is 0 Å². The number of amides is 1. The van der Waals surface area contributed by atoms with Crippen LogP contribution < -0.4 is 4.74 Å². The first-order chi connectivity index (χ1) is 12.9. The summed E-state index contributed by atoms with van der Waals surface area (Å²) in [5.74, 6) is 0.684. The molecule has 0 fully saturated rings. The van der Waals surface area contributed by atoms with Gasteiger partial charge in [0.2, 0.25) is 17.6 Å². The van der Waals surface area contributed by atoms with Crippen LogP contribution in [0.2, 0.25) is 0 Å². The first-order valence-corrected chi connectivity index (χ1v) is 8.85. The lowest BCUT2D eigenvalue weighted by molar-refractivity contribution is -0.144. The predicted octanol–water partition coefficient (Wildman–Crippen LogP) is 2.64. The molecule has 8 heteroatoms. The lowest BCUT2D eigenvalue weighted by Crippen LogP contribution is -2.38. The van der Waals surface area contributed by atoms with Gasteiger partial charge in [-0.05, 0) is 36.6 Å². The van der Waals surface area contributed by atoms with E-state index in [0.717, 1.165) is 11.3 Å². The molecule has 1 aromatic carbocycles. The van der Waals surface area contributed by atoms with Crippen molar-refractivity contribution in [1.82, 2.24) is 15.0 Å². The Kier molecular flexibility index (Phi) is 7.34. The van der Waals surface area contributed by atoms with Crippen molar-refractivity contribution in [1.29, 1.82) is 0 Å². The lowest BCUT2D eigenvalue weighted by atomic mass is 10.1. The van der Waals surface area contributed by atoms with Gasteiger partial charge in [0, 0.05) is 24.9 Å². The molecule has 2 aromatic rings. The Hall–Kier alpha value is -2.90. The summed E-state index contributed by atoms with van der Waals surface area (Å²) >= 11 is 0. The van der Waals surface area contributed by atoms with Crippen molar-refractivity contribution in [3.8, 4) is 17.1 Å². The van der Waals surface area contributed by atoms with E-state index in [-0.39, 0.29) is 24.8 Å². The van der Waals surface area contributed by atoms with Gasteiger partial charge in [-0.2, -0.15) is 4.98 Å². The Morgan fingerprint density at radius 3 is 2.56 bits per heavy atom. The number of carbonyl (C=O) groups excluding carboxylic acids is 1. The van der Waals surface area contributed by atoms with E-state index in [1.54, 1.807) is 7.11 Å². The first-order valence-electron chi connectivity index (χ1n) is 8.85. The van der Waals surface area contributed by atoms with Crippen LogP contribution in [0.1, 0.15) is 32.6 Å². The number of hydrogen-bond donors (Lipinski definition) is 1. The zero-order valence-electron chi connectivity index (χ0n) is 15.8. The molecule has 27 heavy (non-hydrogen) atoms. The average Bonchev–Trinajstić information content (AvgIpc) is 3.09. The van der Waals surface area contributed by atoms with Crippen LogP contribution in [0.25, 0.3) is 11.4 Å². The molecular weight excluding hydrogens is 350 g/mol. The zero-order valence-corrected chi connectivity index (χ0v) is 15.8. The van der Waals surface area contributed by atoms with Gasteiger partial charge >= 0.3 is 5.97 Å². The molecule has 1 heterocycles. The van der Waals surface area contributed by atoms with E-state index in [2.05, 4.69) is 10.1 Å². The third-order valence-electron chi connectivity index (χ3n) is 3.86. The quantitative estimate of drug-likeness (QED) is 0.680. The normalized spacial score (nSPS) is 10.8. The SMILES string of the molecule is COc1ccc(-c2noc(CCCC(=O)N(CC(=O)O)CC(C)C)n2)cc1. The van der Waals surface area contributed by atoms with E-state index in [1.807, 2.05) is 38.1 Å². The maximum atomic E-state index is 12.3. The van der Waals surface area contributed by atoms with E-state index in [0.29, 0.717) is 31.1 Å². The minimum absolute atomic E-state index is 0.180. The van der Waals surface area contributed by atoms with Crippen LogP contribution in [0.5, 0.6) is 5.75 Å². The smallest absolute Gasteiger partial charge is 0.323 e. The molecule has 1 N–H and O–H groups in total. The molecule has 146 valence electrons. The number of rotatable bonds is 10. The highest BCUT2D eigenvalue weighted by atomic mass is 16.5. The van der Waals surface area contributed by atoms with Gasteiger partial charge in [-0.15, -0.1) is 0 Å². The molecule has 0 saturated heterocycles. The monoisotopic (exact) mass is 375 g/mol. The fraction of sp³-hybridized carbons (Fsp3) is 0.474. The molecule has 0 unspecified atom stereocenters. The number of carboxylic acid groups (broad SMARTS) is 1. The van der Waals surface area contributed by atoms with E-state index >= 15 is 0 Å². The largest absolute Gasteiger partial charge is 0.497 e. The fourth-order valence-electron chi connectivity index (χ4n) is 2.62. The van der Waals surface area contributed by atoms with Crippen LogP contribution in [-0.4, -0.2) is 52.2 Å². The van der Waals surface area contributed by atoms with E-state index < -0.39 is 5.97 Å². The molecule has 0 aliphatic heterocycles. The van der Waals surface area contributed by atoms with Gasteiger partial charge in [0.1, 0.15) is 12.3 Å². The fourth-order valence-corrected chi connectivity index (χ4v) is 2.62. The molecular formula is C19H25N3O5. The van der Waals surface area contributed by atoms with Gasteiger partial charge in [0.25, 0.3) is 0 Å². The summed E-state index contributed by atoms with van der Waals surface area (Å²) in [7, 11) is 1.60. The van der Waals surface area contributed by atoms with Crippen LogP contribution in [0.15, 0.2) is 28.8 Å². The summed E-state index contributed by atoms with van der Waals surface area (Å²) in [6.45, 7) is 4.04. The van der Waals surface area contributed by atoms with Crippen LogP contribution >= 0.6 is 0 Å². The van der Waals surface area contributed by atoms with Gasteiger partial charge in [-0.3, -0.25) is 9.59 Å². The molecule has 0 spiro atoms. The highest BCUT2D eigenvalue weighted by molar-refractivity contribution is 5.81. The number of methoxy groups -OCH3 is 1. The molecule has 0 aliphatic carbocycles. The first kappa shape index (κ1) is 20.4. The summed E-state index contributed by atoms with van der Waals surface area (Å²) in [6.07, 6.45) is 1.20. The van der Waals surface area contributed by atoms with Gasteiger partial charge < -0.3 is 19.3 Å². The highest BCUT2D eigenvalue weighted by Gasteiger charge is 2.18. The minimum Gasteiger partial charge on any atom is -0.497 e. The van der Waals surface area contributed by atoms with E-state index in [9.17, 15) is 9.59 Å². The lowest BCUT2D eigenvalue weighted by Gasteiger charge is -2.22. The average molecular weight is 375 g/mol. The Morgan fingerprint density at radius 2 is 1.96 bits per heavy atom. The standard InChI is InChI=1S/C19H25N3O5/c1-13(2)11-22(12-18(24)25)17(23)6-4-5-16-20-19(21-27-16)14-7-9-15(26-3)10-8-14/h7-10,13H,4-6,11-12H2,1-3H3,(H,24,25). The number of ether oxygens (including phenoxy) is 1. The molecule has 0 saturated carbocycles. The molecule has 0 atom stereocenters. The summed E-state index contributed by atoms with van der Waals surface area (Å²) in [4.78, 5) is 28.9. The molecule has 2 rings (SSSR count). The number of hydrogen-bond acceptors (Lipinski definition) is 6. The van der Waals surface area contributed by atoms with Crippen molar-refractivity contribution >= 4 is 11.9 Å². The Bertz CT molecular complexity index is 755. The summed E-state index contributed by atoms with van der Waals surface area (Å²) < 4.78 is 10.4. The van der Waals surface area contributed by atoms with Gasteiger partial charge in [0.15, 0.2) is 0 Å². The molecule has 0 aliphatic rings. The van der Waals surface area contributed by atoms with Crippen molar-refractivity contribution in [2.75, 3.05) is 20.2 Å². The van der Waals surface area contributed by atoms with E-state index in [4.69, 9.17) is 14.4 Å². The number of carbonyl (C=O) groups is 2. The number of aliphatic carboxylic acids is 1. The van der Waals surface area contributed by atoms with Crippen LogP contribution in [-0.2, 0) is 16.0 Å². The second-order valence-electron chi connectivity index (χ2n) is 6.66. The molecule has 1 amide bonds. The number of nitrogens with zero attached hydrogens (tertiary/aromatic N) is 3. The van der Waals surface area contributed by atoms with Crippen molar-refractivity contribution in [2.24, 2.45) is 5.92 Å². The van der Waals surface area contributed by atoms with Gasteiger partial charge in [0.05, 0.1) is 7.11 Å². The topological polar surface area (TPSA) is 106 Å². The van der Waals surface area contributed by atoms with Crippen molar-refractivity contribution < 1.29 is 24.0 Å². The van der Waals surface area contributed by atoms with Crippen LogP contribution in [0.3, 0.4) is 0 Å². The number of benzene rings is 1. The van der Waals surface area contributed by atoms with Crippen molar-refractivity contribution in [3.05, 3.63) is 30.2 Å². The highest BCUT2D eigenvalue weighted by Crippen LogP contribution is 2.20. The Balaban J connectivity index is 1.88.